The van der Waals surface area contributed by atoms with E-state index in [-0.39, 0.29) is 0 Å². The molecule has 0 radical (unpaired) electrons. The molecule has 44 valence electrons. The van der Waals surface area contributed by atoms with Crippen molar-refractivity contribution >= 4 is 6.29 Å². The lowest BCUT2D eigenvalue weighted by Gasteiger charge is -2.00. The van der Waals surface area contributed by atoms with Gasteiger partial charge in [-0.2, -0.15) is 5.26 Å². The van der Waals surface area contributed by atoms with Crippen LogP contribution in [0, 0.1) is 17.2 Å². The van der Waals surface area contributed by atoms with Crippen LogP contribution in [-0.4, -0.2) is 17.5 Å². The second-order valence-electron chi connectivity index (χ2n) is 1.54. The second-order valence-corrected chi connectivity index (χ2v) is 1.54. The number of hydrogen-bond donors (Lipinski definition) is 1. The van der Waals surface area contributed by atoms with E-state index < -0.39 is 12.0 Å². The van der Waals surface area contributed by atoms with Crippen molar-refractivity contribution in [3.63, 3.8) is 0 Å². The van der Waals surface area contributed by atoms with Crippen molar-refractivity contribution < 1.29 is 9.90 Å². The number of carbonyl (C=O) groups is 1. The van der Waals surface area contributed by atoms with Gasteiger partial charge < -0.3 is 9.90 Å². The Labute approximate surface area is 47.5 Å². The van der Waals surface area contributed by atoms with Crippen molar-refractivity contribution in [2.24, 2.45) is 5.92 Å². The highest BCUT2D eigenvalue weighted by Gasteiger charge is 2.09. The van der Waals surface area contributed by atoms with Crippen LogP contribution in [0.15, 0.2) is 0 Å². The fourth-order valence-electron chi connectivity index (χ4n) is 0.194. The predicted octanol–water partition coefficient (Wildman–Crippen LogP) is -0.294. The number of aldehydes is 1. The summed E-state index contributed by atoms with van der Waals surface area (Å²) >= 11 is 0. The van der Waals surface area contributed by atoms with Crippen molar-refractivity contribution in [1.29, 1.82) is 5.26 Å². The van der Waals surface area contributed by atoms with Crippen molar-refractivity contribution in [2.45, 2.75) is 13.0 Å². The van der Waals surface area contributed by atoms with Gasteiger partial charge in [-0.3, -0.25) is 0 Å². The fraction of sp³-hybridized carbons (Fsp3) is 0.600. The maximum atomic E-state index is 9.70. The topological polar surface area (TPSA) is 61.1 Å². The maximum absolute atomic E-state index is 9.70. The SMILES string of the molecule is CC(C#N)C(O)C=O. The normalized spacial score (nSPS) is 16.1. The molecule has 0 aromatic carbocycles. The zero-order chi connectivity index (χ0) is 6.57. The van der Waals surface area contributed by atoms with Gasteiger partial charge in [0.05, 0.1) is 12.0 Å². The Morgan fingerprint density at radius 2 is 2.38 bits per heavy atom. The van der Waals surface area contributed by atoms with Crippen LogP contribution in [0.3, 0.4) is 0 Å². The Hall–Kier alpha value is -0.880. The van der Waals surface area contributed by atoms with E-state index in [4.69, 9.17) is 10.4 Å². The smallest absolute Gasteiger partial charge is 0.149 e. The first-order valence-electron chi connectivity index (χ1n) is 2.25. The minimum atomic E-state index is -1.13. The van der Waals surface area contributed by atoms with E-state index in [1.54, 1.807) is 6.07 Å². The molecule has 0 heterocycles. The zero-order valence-electron chi connectivity index (χ0n) is 4.53. The molecule has 0 saturated heterocycles. The summed E-state index contributed by atoms with van der Waals surface area (Å²) in [5.41, 5.74) is 0. The van der Waals surface area contributed by atoms with Gasteiger partial charge in [-0.15, -0.1) is 0 Å². The third-order valence-electron chi connectivity index (χ3n) is 0.855. The standard InChI is InChI=1S/C5H7NO2/c1-4(2-6)5(8)3-7/h3-5,8H,1H3. The van der Waals surface area contributed by atoms with Crippen LogP contribution in [0.4, 0.5) is 0 Å². The Bertz CT molecular complexity index is 116. The average Bonchev–Trinajstić information content (AvgIpc) is 1.84. The van der Waals surface area contributed by atoms with Gasteiger partial charge >= 0.3 is 0 Å². The van der Waals surface area contributed by atoms with Gasteiger partial charge in [0.15, 0.2) is 0 Å². The van der Waals surface area contributed by atoms with Gasteiger partial charge in [0.25, 0.3) is 0 Å². The van der Waals surface area contributed by atoms with E-state index in [0.29, 0.717) is 6.29 Å². The molecule has 3 nitrogen and oxygen atoms in total. The third-order valence-corrected chi connectivity index (χ3v) is 0.855. The molecule has 0 saturated carbocycles. The summed E-state index contributed by atoms with van der Waals surface area (Å²) in [4.78, 5) is 9.70. The molecule has 2 unspecified atom stereocenters. The van der Waals surface area contributed by atoms with Crippen LogP contribution in [-0.2, 0) is 4.79 Å². The number of carbonyl (C=O) groups excluding carboxylic acids is 1. The number of nitriles is 1. The molecule has 0 spiro atoms. The Balaban J connectivity index is 3.66. The molecule has 8 heavy (non-hydrogen) atoms. The van der Waals surface area contributed by atoms with Crippen molar-refractivity contribution in [3.8, 4) is 6.07 Å². The molecule has 0 aliphatic heterocycles. The zero-order valence-corrected chi connectivity index (χ0v) is 4.53. The molecule has 0 rings (SSSR count). The van der Waals surface area contributed by atoms with Gasteiger partial charge in [-0.1, -0.05) is 0 Å². The minimum absolute atomic E-state index is 0.355. The third kappa shape index (κ3) is 1.71. The average molecular weight is 113 g/mol. The highest BCUT2D eigenvalue weighted by molar-refractivity contribution is 5.56. The van der Waals surface area contributed by atoms with Gasteiger partial charge in [0.1, 0.15) is 12.4 Å². The molecule has 0 aromatic rings. The second kappa shape index (κ2) is 3.16. The number of aliphatic hydroxyl groups excluding tert-OH is 1. The van der Waals surface area contributed by atoms with Gasteiger partial charge in [-0.05, 0) is 6.92 Å². The van der Waals surface area contributed by atoms with E-state index in [9.17, 15) is 4.79 Å². The van der Waals surface area contributed by atoms with E-state index in [2.05, 4.69) is 0 Å². The monoisotopic (exact) mass is 113 g/mol. The molecule has 3 heteroatoms. The summed E-state index contributed by atoms with van der Waals surface area (Å²) in [5, 5.41) is 16.6. The van der Waals surface area contributed by atoms with Crippen LogP contribution in [0.5, 0.6) is 0 Å². The van der Waals surface area contributed by atoms with E-state index >= 15 is 0 Å². The van der Waals surface area contributed by atoms with Crippen LogP contribution in [0.25, 0.3) is 0 Å². The van der Waals surface area contributed by atoms with Crippen molar-refractivity contribution in [1.82, 2.24) is 0 Å². The van der Waals surface area contributed by atoms with Crippen LogP contribution in [0.1, 0.15) is 6.92 Å². The van der Waals surface area contributed by atoms with Crippen molar-refractivity contribution in [2.75, 3.05) is 0 Å². The van der Waals surface area contributed by atoms with E-state index in [1.807, 2.05) is 0 Å². The van der Waals surface area contributed by atoms with Gasteiger partial charge in [0, 0.05) is 0 Å². The number of rotatable bonds is 2. The molecule has 0 amide bonds. The molecule has 0 aromatic heterocycles. The molecule has 0 aliphatic carbocycles. The number of aliphatic hydroxyl groups is 1. The summed E-state index contributed by atoms with van der Waals surface area (Å²) in [6, 6.07) is 1.73. The molecular formula is C5H7NO2. The first-order valence-corrected chi connectivity index (χ1v) is 2.25. The van der Waals surface area contributed by atoms with Crippen LogP contribution < -0.4 is 0 Å². The summed E-state index contributed by atoms with van der Waals surface area (Å²) in [7, 11) is 0. The quantitative estimate of drug-likeness (QED) is 0.500. The van der Waals surface area contributed by atoms with Crippen molar-refractivity contribution in [3.05, 3.63) is 0 Å². The molecule has 1 N–H and O–H groups in total. The lowest BCUT2D eigenvalue weighted by molar-refractivity contribution is -0.116. The lowest BCUT2D eigenvalue weighted by Crippen LogP contribution is -2.16. The summed E-state index contributed by atoms with van der Waals surface area (Å²) in [6.07, 6.45) is -0.770. The fourth-order valence-corrected chi connectivity index (χ4v) is 0.194. The molecular weight excluding hydrogens is 106 g/mol. The van der Waals surface area contributed by atoms with Gasteiger partial charge in [-0.25, -0.2) is 0 Å². The Morgan fingerprint density at radius 3 is 2.50 bits per heavy atom. The number of nitrogens with zero attached hydrogens (tertiary/aromatic N) is 1. The van der Waals surface area contributed by atoms with Crippen LogP contribution >= 0.6 is 0 Å². The Morgan fingerprint density at radius 1 is 1.88 bits per heavy atom. The molecule has 2 atom stereocenters. The Kier molecular flexibility index (Phi) is 2.82. The first-order chi connectivity index (χ1) is 3.72. The highest BCUT2D eigenvalue weighted by atomic mass is 16.3. The lowest BCUT2D eigenvalue weighted by atomic mass is 10.1. The maximum Gasteiger partial charge on any atom is 0.149 e. The number of hydrogen-bond acceptors (Lipinski definition) is 3. The van der Waals surface area contributed by atoms with E-state index in [0.717, 1.165) is 0 Å². The molecule has 0 aliphatic rings. The predicted molar refractivity (Wildman–Crippen MR) is 26.8 cm³/mol. The summed E-state index contributed by atoms with van der Waals surface area (Å²) < 4.78 is 0. The molecule has 0 fully saturated rings. The first kappa shape index (κ1) is 7.12. The van der Waals surface area contributed by atoms with E-state index in [1.165, 1.54) is 6.92 Å². The largest absolute Gasteiger partial charge is 0.384 e. The molecule has 0 bridgehead atoms. The summed E-state index contributed by atoms with van der Waals surface area (Å²) in [6.45, 7) is 1.49. The highest BCUT2D eigenvalue weighted by Crippen LogP contribution is 1.95. The van der Waals surface area contributed by atoms with Crippen LogP contribution in [0.2, 0.25) is 0 Å². The summed E-state index contributed by atoms with van der Waals surface area (Å²) in [5.74, 6) is -0.590. The minimum Gasteiger partial charge on any atom is -0.384 e. The van der Waals surface area contributed by atoms with Gasteiger partial charge in [0.2, 0.25) is 0 Å².